The number of H-pyrrole nitrogens is 1. The molecule has 0 aromatic carbocycles. The lowest BCUT2D eigenvalue weighted by atomic mass is 10.0. The Hall–Kier alpha value is -2.83. The van der Waals surface area contributed by atoms with Gasteiger partial charge in [-0.25, -0.2) is 4.98 Å². The van der Waals surface area contributed by atoms with Crippen LogP contribution >= 0.6 is 0 Å². The summed E-state index contributed by atoms with van der Waals surface area (Å²) in [5.41, 5.74) is 7.18. The minimum atomic E-state index is -0.530. The third-order valence-corrected chi connectivity index (χ3v) is 4.11. The number of nitrogens with one attached hydrogen (secondary N) is 2. The monoisotopic (exact) mass is 313 g/mol. The van der Waals surface area contributed by atoms with E-state index in [-0.39, 0.29) is 11.9 Å². The Morgan fingerprint density at radius 1 is 1.52 bits per heavy atom. The smallest absolute Gasteiger partial charge is 0.252 e. The lowest BCUT2D eigenvalue weighted by molar-refractivity contribution is -0.127. The van der Waals surface area contributed by atoms with Crippen molar-refractivity contribution in [1.29, 1.82) is 0 Å². The maximum atomic E-state index is 11.8. The Balaban J connectivity index is 1.89. The number of rotatable bonds is 4. The van der Waals surface area contributed by atoms with Gasteiger partial charge in [-0.1, -0.05) is 6.58 Å². The minimum absolute atomic E-state index is 0.0475. The van der Waals surface area contributed by atoms with E-state index in [1.54, 1.807) is 11.1 Å². The fourth-order valence-corrected chi connectivity index (χ4v) is 2.98. The summed E-state index contributed by atoms with van der Waals surface area (Å²) < 4.78 is 0. The number of likely N-dealkylation sites (tertiary alicyclic amines) is 1. The molecule has 0 bridgehead atoms. The van der Waals surface area contributed by atoms with Crippen LogP contribution in [-0.4, -0.2) is 45.8 Å². The van der Waals surface area contributed by atoms with Crippen molar-refractivity contribution in [3.63, 3.8) is 0 Å². The molecule has 2 amide bonds. The van der Waals surface area contributed by atoms with E-state index >= 15 is 0 Å². The molecule has 1 aliphatic rings. The van der Waals surface area contributed by atoms with Gasteiger partial charge in [0.1, 0.15) is 5.65 Å². The molecule has 7 heteroatoms. The molecule has 1 unspecified atom stereocenters. The number of carbonyl (C=O) groups excluding carboxylic acids is 2. The number of primary amides is 1. The van der Waals surface area contributed by atoms with Gasteiger partial charge < -0.3 is 20.9 Å². The highest BCUT2D eigenvalue weighted by Gasteiger charge is 2.24. The van der Waals surface area contributed by atoms with Gasteiger partial charge in [-0.2, -0.15) is 0 Å². The van der Waals surface area contributed by atoms with Crippen molar-refractivity contribution in [1.82, 2.24) is 14.9 Å². The van der Waals surface area contributed by atoms with Gasteiger partial charge in [-0.15, -0.1) is 0 Å². The molecular formula is C16H19N5O2. The number of carbonyl (C=O) groups is 2. The van der Waals surface area contributed by atoms with Gasteiger partial charge in [0.25, 0.3) is 5.91 Å². The van der Waals surface area contributed by atoms with E-state index < -0.39 is 5.91 Å². The topological polar surface area (TPSA) is 104 Å². The highest BCUT2D eigenvalue weighted by molar-refractivity contribution is 6.06. The number of fused-ring (bicyclic) bond motifs is 1. The first kappa shape index (κ1) is 15.1. The van der Waals surface area contributed by atoms with E-state index in [0.717, 1.165) is 24.8 Å². The minimum Gasteiger partial charge on any atom is -0.379 e. The van der Waals surface area contributed by atoms with Crippen molar-refractivity contribution in [3.8, 4) is 0 Å². The molecule has 2 aromatic heterocycles. The largest absolute Gasteiger partial charge is 0.379 e. The number of hydrogen-bond acceptors (Lipinski definition) is 4. The Morgan fingerprint density at radius 3 is 3.09 bits per heavy atom. The Bertz CT molecular complexity index is 767. The van der Waals surface area contributed by atoms with E-state index in [1.165, 1.54) is 12.3 Å². The zero-order chi connectivity index (χ0) is 16.4. The first-order valence-electron chi connectivity index (χ1n) is 7.54. The van der Waals surface area contributed by atoms with E-state index in [1.807, 2.05) is 6.07 Å². The summed E-state index contributed by atoms with van der Waals surface area (Å²) in [7, 11) is 0. The van der Waals surface area contributed by atoms with E-state index in [0.29, 0.717) is 23.4 Å². The number of anilines is 1. The lowest BCUT2D eigenvalue weighted by Crippen LogP contribution is -2.44. The highest BCUT2D eigenvalue weighted by atomic mass is 16.2. The second-order valence-electron chi connectivity index (χ2n) is 5.62. The SMILES string of the molecule is C=CC(=O)N1CCCC(Nc2c(C(N)=O)cnc3[nH]ccc23)C1. The van der Waals surface area contributed by atoms with Gasteiger partial charge in [-0.05, 0) is 25.0 Å². The average molecular weight is 313 g/mol. The molecule has 1 aliphatic heterocycles. The molecule has 1 atom stereocenters. The predicted molar refractivity (Wildman–Crippen MR) is 88.0 cm³/mol. The normalized spacial score (nSPS) is 17.9. The molecule has 0 saturated carbocycles. The summed E-state index contributed by atoms with van der Waals surface area (Å²) in [6.07, 6.45) is 6.37. The zero-order valence-corrected chi connectivity index (χ0v) is 12.7. The highest BCUT2D eigenvalue weighted by Crippen LogP contribution is 2.27. The molecule has 0 aliphatic carbocycles. The molecule has 0 radical (unpaired) electrons. The number of pyridine rings is 1. The van der Waals surface area contributed by atoms with Gasteiger partial charge in [0.15, 0.2) is 0 Å². The molecule has 4 N–H and O–H groups in total. The number of aromatic nitrogens is 2. The summed E-state index contributed by atoms with van der Waals surface area (Å²) in [5.74, 6) is -0.605. The summed E-state index contributed by atoms with van der Waals surface area (Å²) in [6, 6.07) is 1.90. The van der Waals surface area contributed by atoms with Crippen LogP contribution in [0.15, 0.2) is 31.1 Å². The molecule has 120 valence electrons. The van der Waals surface area contributed by atoms with Crippen LogP contribution in [0, 0.1) is 0 Å². The summed E-state index contributed by atoms with van der Waals surface area (Å²) in [4.78, 5) is 32.5. The summed E-state index contributed by atoms with van der Waals surface area (Å²) in [6.45, 7) is 4.82. The van der Waals surface area contributed by atoms with Crippen molar-refractivity contribution in [2.75, 3.05) is 18.4 Å². The number of amides is 2. The molecule has 2 aromatic rings. The molecule has 3 heterocycles. The van der Waals surface area contributed by atoms with Crippen LogP contribution in [0.5, 0.6) is 0 Å². The number of aromatic amines is 1. The fraction of sp³-hybridized carbons (Fsp3) is 0.312. The number of piperidine rings is 1. The van der Waals surface area contributed by atoms with Gasteiger partial charge in [0.2, 0.25) is 5.91 Å². The molecule has 0 spiro atoms. The Kier molecular flexibility index (Phi) is 4.01. The van der Waals surface area contributed by atoms with Crippen molar-refractivity contribution in [3.05, 3.63) is 36.7 Å². The Labute approximate surface area is 133 Å². The van der Waals surface area contributed by atoms with Crippen molar-refractivity contribution < 1.29 is 9.59 Å². The van der Waals surface area contributed by atoms with E-state index in [4.69, 9.17) is 5.73 Å². The summed E-state index contributed by atoms with van der Waals surface area (Å²) >= 11 is 0. The zero-order valence-electron chi connectivity index (χ0n) is 12.7. The third-order valence-electron chi connectivity index (χ3n) is 4.11. The number of nitrogens with zero attached hydrogens (tertiary/aromatic N) is 2. The molecule has 23 heavy (non-hydrogen) atoms. The lowest BCUT2D eigenvalue weighted by Gasteiger charge is -2.33. The summed E-state index contributed by atoms with van der Waals surface area (Å²) in [5, 5.41) is 4.19. The second kappa shape index (κ2) is 6.12. The maximum absolute atomic E-state index is 11.8. The molecule has 3 rings (SSSR count). The third kappa shape index (κ3) is 2.90. The quantitative estimate of drug-likeness (QED) is 0.739. The first-order valence-corrected chi connectivity index (χ1v) is 7.54. The number of hydrogen-bond donors (Lipinski definition) is 3. The molecule has 1 fully saturated rings. The van der Waals surface area contributed by atoms with Crippen LogP contribution < -0.4 is 11.1 Å². The second-order valence-corrected chi connectivity index (χ2v) is 5.62. The first-order chi connectivity index (χ1) is 11.1. The van der Waals surface area contributed by atoms with Crippen molar-refractivity contribution in [2.24, 2.45) is 5.73 Å². The van der Waals surface area contributed by atoms with E-state index in [2.05, 4.69) is 21.9 Å². The number of nitrogens with two attached hydrogens (primary N) is 1. The molecule has 7 nitrogen and oxygen atoms in total. The van der Waals surface area contributed by atoms with Gasteiger partial charge in [0.05, 0.1) is 11.3 Å². The van der Waals surface area contributed by atoms with Crippen LogP contribution in [-0.2, 0) is 4.79 Å². The van der Waals surface area contributed by atoms with Crippen LogP contribution in [0.25, 0.3) is 11.0 Å². The van der Waals surface area contributed by atoms with Gasteiger partial charge in [-0.3, -0.25) is 9.59 Å². The fourth-order valence-electron chi connectivity index (χ4n) is 2.98. The van der Waals surface area contributed by atoms with Gasteiger partial charge >= 0.3 is 0 Å². The van der Waals surface area contributed by atoms with E-state index in [9.17, 15) is 9.59 Å². The van der Waals surface area contributed by atoms with Crippen LogP contribution in [0.4, 0.5) is 5.69 Å². The average Bonchev–Trinajstić information content (AvgIpc) is 3.03. The molecular weight excluding hydrogens is 294 g/mol. The van der Waals surface area contributed by atoms with Crippen molar-refractivity contribution >= 4 is 28.5 Å². The molecule has 1 saturated heterocycles. The predicted octanol–water partition coefficient (Wildman–Crippen LogP) is 1.25. The standard InChI is InChI=1S/C16H19N5O2/c1-2-13(22)21-7-3-4-10(9-21)20-14-11-5-6-18-16(11)19-8-12(14)15(17)23/h2,5-6,8,10H,1,3-4,7,9H2,(H2,17,23)(H2,18,19,20). The van der Waals surface area contributed by atoms with Gasteiger partial charge in [0, 0.05) is 36.9 Å². The van der Waals surface area contributed by atoms with Crippen LogP contribution in [0.1, 0.15) is 23.2 Å². The van der Waals surface area contributed by atoms with Crippen LogP contribution in [0.3, 0.4) is 0 Å². The Morgan fingerprint density at radius 2 is 2.35 bits per heavy atom. The van der Waals surface area contributed by atoms with Crippen LogP contribution in [0.2, 0.25) is 0 Å². The van der Waals surface area contributed by atoms with Crippen molar-refractivity contribution in [2.45, 2.75) is 18.9 Å². The maximum Gasteiger partial charge on any atom is 0.252 e.